The molecule has 1 atom stereocenters. The molecule has 1 aliphatic rings. The molecule has 152 valence electrons. The van der Waals surface area contributed by atoms with Gasteiger partial charge in [0.05, 0.1) is 24.3 Å². The number of aliphatic hydroxyl groups excluding tert-OH is 1. The van der Waals surface area contributed by atoms with Crippen LogP contribution in [-0.2, 0) is 14.3 Å². The molecule has 2 aromatic carbocycles. The molecular formula is C22H22ClNO5. The average Bonchev–Trinajstić information content (AvgIpc) is 2.93. The van der Waals surface area contributed by atoms with Crippen LogP contribution in [-0.4, -0.2) is 46.1 Å². The Morgan fingerprint density at radius 1 is 1.10 bits per heavy atom. The Morgan fingerprint density at radius 3 is 2.31 bits per heavy atom. The summed E-state index contributed by atoms with van der Waals surface area (Å²) in [5.74, 6) is -1.68. The van der Waals surface area contributed by atoms with Gasteiger partial charge in [0.15, 0.2) is 0 Å². The van der Waals surface area contributed by atoms with Crippen LogP contribution in [0.1, 0.15) is 31.0 Å². The number of likely N-dealkylation sites (tertiary alicyclic amines) is 1. The molecule has 0 aromatic heterocycles. The van der Waals surface area contributed by atoms with Crippen molar-refractivity contribution >= 4 is 29.1 Å². The van der Waals surface area contributed by atoms with Gasteiger partial charge in [0.25, 0.3) is 11.7 Å². The fourth-order valence-corrected chi connectivity index (χ4v) is 3.39. The summed E-state index contributed by atoms with van der Waals surface area (Å²) in [7, 11) is 0. The number of carbonyl (C=O) groups is 2. The smallest absolute Gasteiger partial charge is 0.295 e. The van der Waals surface area contributed by atoms with E-state index in [2.05, 4.69) is 0 Å². The molecule has 7 heteroatoms. The Kier molecular flexibility index (Phi) is 6.25. The van der Waals surface area contributed by atoms with Gasteiger partial charge in [0.2, 0.25) is 0 Å². The van der Waals surface area contributed by atoms with Crippen molar-refractivity contribution in [3.05, 3.63) is 70.3 Å². The van der Waals surface area contributed by atoms with Gasteiger partial charge in [-0.15, -0.1) is 0 Å². The minimum Gasteiger partial charge on any atom is -0.508 e. The van der Waals surface area contributed by atoms with Crippen molar-refractivity contribution in [3.8, 4) is 5.75 Å². The van der Waals surface area contributed by atoms with Crippen LogP contribution in [0.25, 0.3) is 5.76 Å². The Hall–Kier alpha value is -2.83. The molecule has 2 aromatic rings. The van der Waals surface area contributed by atoms with Gasteiger partial charge in [-0.05, 0) is 55.8 Å². The number of carbonyl (C=O) groups excluding carboxylic acids is 2. The highest BCUT2D eigenvalue weighted by Crippen LogP contribution is 2.39. The highest BCUT2D eigenvalue weighted by molar-refractivity contribution is 6.46. The quantitative estimate of drug-likeness (QED) is 0.424. The number of benzene rings is 2. The lowest BCUT2D eigenvalue weighted by atomic mass is 9.95. The van der Waals surface area contributed by atoms with Gasteiger partial charge < -0.3 is 19.8 Å². The number of ether oxygens (including phenoxy) is 1. The predicted molar refractivity (Wildman–Crippen MR) is 110 cm³/mol. The number of phenols is 1. The van der Waals surface area contributed by atoms with Crippen LogP contribution in [0, 0.1) is 0 Å². The SMILES string of the molecule is CC(C)OCCN1C(=O)C(=O)/C(=C(\O)c2ccc(Cl)cc2)C1c1ccc(O)cc1. The Morgan fingerprint density at radius 2 is 1.72 bits per heavy atom. The molecule has 1 fully saturated rings. The number of amides is 1. The first-order valence-electron chi connectivity index (χ1n) is 9.24. The molecule has 0 radical (unpaired) electrons. The van der Waals surface area contributed by atoms with E-state index >= 15 is 0 Å². The zero-order chi connectivity index (χ0) is 21.1. The molecule has 2 N–H and O–H groups in total. The number of hydrogen-bond donors (Lipinski definition) is 2. The van der Waals surface area contributed by atoms with Crippen LogP contribution in [0.4, 0.5) is 0 Å². The molecule has 0 saturated carbocycles. The molecule has 0 aliphatic carbocycles. The molecule has 1 unspecified atom stereocenters. The highest BCUT2D eigenvalue weighted by atomic mass is 35.5. The lowest BCUT2D eigenvalue weighted by Gasteiger charge is -2.25. The molecule has 1 amide bonds. The predicted octanol–water partition coefficient (Wildman–Crippen LogP) is 3.89. The van der Waals surface area contributed by atoms with Crippen LogP contribution in [0.15, 0.2) is 54.1 Å². The molecule has 29 heavy (non-hydrogen) atoms. The molecule has 6 nitrogen and oxygen atoms in total. The molecule has 3 rings (SSSR count). The van der Waals surface area contributed by atoms with E-state index in [1.807, 2.05) is 13.8 Å². The van der Waals surface area contributed by atoms with Crippen LogP contribution in [0.5, 0.6) is 5.75 Å². The van der Waals surface area contributed by atoms with Gasteiger partial charge in [-0.3, -0.25) is 9.59 Å². The van der Waals surface area contributed by atoms with Crippen molar-refractivity contribution in [2.24, 2.45) is 0 Å². The number of halogens is 1. The largest absolute Gasteiger partial charge is 0.508 e. The van der Waals surface area contributed by atoms with Gasteiger partial charge in [-0.25, -0.2) is 0 Å². The first kappa shape index (κ1) is 20.9. The molecule has 0 spiro atoms. The molecular weight excluding hydrogens is 394 g/mol. The van der Waals surface area contributed by atoms with Crippen molar-refractivity contribution in [1.82, 2.24) is 4.90 Å². The number of aliphatic hydroxyl groups is 1. The third-order valence-electron chi connectivity index (χ3n) is 4.65. The van der Waals surface area contributed by atoms with E-state index in [-0.39, 0.29) is 36.3 Å². The monoisotopic (exact) mass is 415 g/mol. The maximum absolute atomic E-state index is 12.8. The standard InChI is InChI=1S/C22H22ClNO5/c1-13(2)29-12-11-24-19(14-5-9-17(25)10-6-14)18(21(27)22(24)28)20(26)15-3-7-16(23)8-4-15/h3-10,13,19,25-26H,11-12H2,1-2H3/b20-18-. The fraction of sp³-hybridized carbons (Fsp3) is 0.273. The Bertz CT molecular complexity index is 935. The minimum absolute atomic E-state index is 0.00689. The van der Waals surface area contributed by atoms with Crippen molar-refractivity contribution in [2.45, 2.75) is 26.0 Å². The lowest BCUT2D eigenvalue weighted by Crippen LogP contribution is -2.33. The summed E-state index contributed by atoms with van der Waals surface area (Å²) in [5.41, 5.74) is 0.976. The van der Waals surface area contributed by atoms with E-state index in [1.165, 1.54) is 17.0 Å². The van der Waals surface area contributed by atoms with E-state index in [0.717, 1.165) is 0 Å². The summed E-state index contributed by atoms with van der Waals surface area (Å²) in [5, 5.41) is 21.0. The molecule has 1 heterocycles. The van der Waals surface area contributed by atoms with Gasteiger partial charge in [-0.1, -0.05) is 23.7 Å². The molecule has 1 saturated heterocycles. The normalized spacial score (nSPS) is 18.6. The first-order valence-corrected chi connectivity index (χ1v) is 9.62. The van der Waals surface area contributed by atoms with Crippen molar-refractivity contribution in [2.75, 3.05) is 13.2 Å². The second-order valence-corrected chi connectivity index (χ2v) is 7.45. The Labute approximate surface area is 174 Å². The Balaban J connectivity index is 2.07. The van der Waals surface area contributed by atoms with Gasteiger partial charge in [0, 0.05) is 17.1 Å². The summed E-state index contributed by atoms with van der Waals surface area (Å²) >= 11 is 5.91. The fourth-order valence-electron chi connectivity index (χ4n) is 3.26. The second-order valence-electron chi connectivity index (χ2n) is 7.01. The second kappa shape index (κ2) is 8.68. The van der Waals surface area contributed by atoms with Crippen LogP contribution < -0.4 is 0 Å². The van der Waals surface area contributed by atoms with E-state index in [1.54, 1.807) is 36.4 Å². The first-order chi connectivity index (χ1) is 13.8. The summed E-state index contributed by atoms with van der Waals surface area (Å²) in [6, 6.07) is 11.8. The summed E-state index contributed by atoms with van der Waals surface area (Å²) < 4.78 is 5.55. The zero-order valence-corrected chi connectivity index (χ0v) is 16.9. The number of ketones is 1. The van der Waals surface area contributed by atoms with Crippen molar-refractivity contribution in [1.29, 1.82) is 0 Å². The average molecular weight is 416 g/mol. The number of aromatic hydroxyl groups is 1. The van der Waals surface area contributed by atoms with Crippen LogP contribution >= 0.6 is 11.6 Å². The zero-order valence-electron chi connectivity index (χ0n) is 16.1. The van der Waals surface area contributed by atoms with E-state index in [0.29, 0.717) is 16.1 Å². The van der Waals surface area contributed by atoms with Crippen molar-refractivity contribution in [3.63, 3.8) is 0 Å². The minimum atomic E-state index is -0.790. The van der Waals surface area contributed by atoms with E-state index in [9.17, 15) is 19.8 Å². The molecule has 1 aliphatic heterocycles. The number of Topliss-reactive ketones (excluding diaryl/α,β-unsaturated/α-hetero) is 1. The number of phenolic OH excluding ortho intramolecular Hbond substituents is 1. The van der Waals surface area contributed by atoms with Crippen LogP contribution in [0.2, 0.25) is 5.02 Å². The summed E-state index contributed by atoms with van der Waals surface area (Å²) in [6.07, 6.45) is -0.0204. The van der Waals surface area contributed by atoms with E-state index < -0.39 is 17.7 Å². The number of nitrogens with zero attached hydrogens (tertiary/aromatic N) is 1. The van der Waals surface area contributed by atoms with Gasteiger partial charge >= 0.3 is 0 Å². The highest BCUT2D eigenvalue weighted by Gasteiger charge is 2.45. The van der Waals surface area contributed by atoms with Gasteiger partial charge in [0.1, 0.15) is 11.5 Å². The lowest BCUT2D eigenvalue weighted by molar-refractivity contribution is -0.140. The third kappa shape index (κ3) is 4.44. The van der Waals surface area contributed by atoms with Gasteiger partial charge in [-0.2, -0.15) is 0 Å². The number of rotatable bonds is 6. The number of hydrogen-bond acceptors (Lipinski definition) is 5. The topological polar surface area (TPSA) is 87.1 Å². The maximum Gasteiger partial charge on any atom is 0.295 e. The maximum atomic E-state index is 12.8. The molecule has 0 bridgehead atoms. The van der Waals surface area contributed by atoms with E-state index in [4.69, 9.17) is 16.3 Å². The van der Waals surface area contributed by atoms with Crippen molar-refractivity contribution < 1.29 is 24.5 Å². The van der Waals surface area contributed by atoms with Crippen LogP contribution in [0.3, 0.4) is 0 Å². The summed E-state index contributed by atoms with van der Waals surface area (Å²) in [6.45, 7) is 4.20. The summed E-state index contributed by atoms with van der Waals surface area (Å²) in [4.78, 5) is 26.9. The third-order valence-corrected chi connectivity index (χ3v) is 4.90.